The first-order chi connectivity index (χ1) is 6.41. The molecule has 0 saturated carbocycles. The molecule has 0 fully saturated rings. The summed E-state index contributed by atoms with van der Waals surface area (Å²) in [5.74, 6) is -0.748. The van der Waals surface area contributed by atoms with Crippen LogP contribution in [0.2, 0.25) is 0 Å². The largest absolute Gasteiger partial charge is 0.414 e. The Kier molecular flexibility index (Phi) is 2.78. The fourth-order valence-corrected chi connectivity index (χ4v) is 0.967. The van der Waals surface area contributed by atoms with Crippen LogP contribution in [0.4, 0.5) is 13.2 Å². The molecular formula is C7H8F3N3O. The number of hydrogen-bond acceptors (Lipinski definition) is 2. The number of alkyl halides is 3. The minimum atomic E-state index is -4.53. The first-order valence-corrected chi connectivity index (χ1v) is 3.74. The SMILES string of the molecule is CC(=O)NC(c1ccn[nH]1)C(F)(F)F. The predicted molar refractivity (Wildman–Crippen MR) is 41.2 cm³/mol. The Morgan fingerprint density at radius 1 is 1.64 bits per heavy atom. The number of carbonyl (C=O) groups excluding carboxylic acids is 1. The third kappa shape index (κ3) is 2.48. The Morgan fingerprint density at radius 3 is 2.64 bits per heavy atom. The molecule has 0 saturated heterocycles. The van der Waals surface area contributed by atoms with E-state index >= 15 is 0 Å². The summed E-state index contributed by atoms with van der Waals surface area (Å²) in [4.78, 5) is 10.6. The van der Waals surface area contributed by atoms with Crippen LogP contribution in [0, 0.1) is 0 Å². The van der Waals surface area contributed by atoms with Crippen LogP contribution < -0.4 is 5.32 Å². The van der Waals surface area contributed by atoms with E-state index in [0.717, 1.165) is 13.0 Å². The number of aromatic amines is 1. The van der Waals surface area contributed by atoms with Gasteiger partial charge in [-0.1, -0.05) is 0 Å². The quantitative estimate of drug-likeness (QED) is 0.764. The van der Waals surface area contributed by atoms with Gasteiger partial charge in [0.1, 0.15) is 0 Å². The van der Waals surface area contributed by atoms with Crippen LogP contribution in [0.5, 0.6) is 0 Å². The van der Waals surface area contributed by atoms with Gasteiger partial charge >= 0.3 is 6.18 Å². The lowest BCUT2D eigenvalue weighted by atomic mass is 10.2. The summed E-state index contributed by atoms with van der Waals surface area (Å²) >= 11 is 0. The normalized spacial score (nSPS) is 13.7. The highest BCUT2D eigenvalue weighted by atomic mass is 19.4. The van der Waals surface area contributed by atoms with Crippen LogP contribution in [-0.2, 0) is 4.79 Å². The lowest BCUT2D eigenvalue weighted by molar-refractivity contribution is -0.163. The van der Waals surface area contributed by atoms with Crippen molar-refractivity contribution in [2.75, 3.05) is 0 Å². The van der Waals surface area contributed by atoms with Crippen LogP contribution in [0.1, 0.15) is 18.7 Å². The van der Waals surface area contributed by atoms with Gasteiger partial charge in [-0.05, 0) is 6.07 Å². The molecule has 78 valence electrons. The maximum atomic E-state index is 12.4. The molecule has 1 heterocycles. The molecule has 2 N–H and O–H groups in total. The first kappa shape index (κ1) is 10.6. The zero-order chi connectivity index (χ0) is 10.8. The number of rotatable bonds is 2. The van der Waals surface area contributed by atoms with Crippen LogP contribution in [-0.4, -0.2) is 22.3 Å². The fraction of sp³-hybridized carbons (Fsp3) is 0.429. The minimum Gasteiger partial charge on any atom is -0.340 e. The molecule has 0 spiro atoms. The van der Waals surface area contributed by atoms with Crippen molar-refractivity contribution < 1.29 is 18.0 Å². The van der Waals surface area contributed by atoms with Crippen LogP contribution in [0.25, 0.3) is 0 Å². The van der Waals surface area contributed by atoms with E-state index in [0.29, 0.717) is 0 Å². The lowest BCUT2D eigenvalue weighted by Crippen LogP contribution is -2.37. The second-order valence-corrected chi connectivity index (χ2v) is 2.69. The number of carbonyl (C=O) groups is 1. The molecule has 0 aliphatic rings. The van der Waals surface area contributed by atoms with Gasteiger partial charge in [0.25, 0.3) is 0 Å². The zero-order valence-corrected chi connectivity index (χ0v) is 7.22. The second-order valence-electron chi connectivity index (χ2n) is 2.69. The Balaban J connectivity index is 2.89. The standard InChI is InChI=1S/C7H8F3N3O/c1-4(14)12-6(7(8,9)10)5-2-3-11-13-5/h2-3,6H,1H3,(H,11,13)(H,12,14). The van der Waals surface area contributed by atoms with Crippen molar-refractivity contribution in [1.29, 1.82) is 0 Å². The van der Waals surface area contributed by atoms with Gasteiger partial charge < -0.3 is 5.32 Å². The van der Waals surface area contributed by atoms with Crippen molar-refractivity contribution >= 4 is 5.91 Å². The molecule has 1 unspecified atom stereocenters. The summed E-state index contributed by atoms with van der Waals surface area (Å²) in [6.45, 7) is 1.02. The average Bonchev–Trinajstić information content (AvgIpc) is 2.49. The molecule has 1 amide bonds. The molecule has 7 heteroatoms. The number of nitrogens with one attached hydrogen (secondary N) is 2. The van der Waals surface area contributed by atoms with Gasteiger partial charge in [0.05, 0.1) is 5.69 Å². The lowest BCUT2D eigenvalue weighted by Gasteiger charge is -2.19. The van der Waals surface area contributed by atoms with Gasteiger partial charge in [-0.25, -0.2) is 0 Å². The second kappa shape index (κ2) is 3.69. The topological polar surface area (TPSA) is 57.8 Å². The number of nitrogens with zero attached hydrogens (tertiary/aromatic N) is 1. The Morgan fingerprint density at radius 2 is 2.29 bits per heavy atom. The van der Waals surface area contributed by atoms with Crippen molar-refractivity contribution in [3.8, 4) is 0 Å². The summed E-state index contributed by atoms with van der Waals surface area (Å²) in [5.41, 5.74) is -0.187. The average molecular weight is 207 g/mol. The Labute approximate surface area is 77.5 Å². The van der Waals surface area contributed by atoms with Gasteiger partial charge in [0.15, 0.2) is 6.04 Å². The van der Waals surface area contributed by atoms with E-state index in [1.165, 1.54) is 6.20 Å². The molecule has 4 nitrogen and oxygen atoms in total. The van der Waals surface area contributed by atoms with E-state index in [1.54, 1.807) is 5.32 Å². The molecule has 0 bridgehead atoms. The van der Waals surface area contributed by atoms with E-state index in [1.807, 2.05) is 0 Å². The van der Waals surface area contributed by atoms with E-state index in [-0.39, 0.29) is 5.69 Å². The monoisotopic (exact) mass is 207 g/mol. The minimum absolute atomic E-state index is 0.187. The number of amides is 1. The van der Waals surface area contributed by atoms with Gasteiger partial charge in [-0.2, -0.15) is 18.3 Å². The number of hydrogen-bond donors (Lipinski definition) is 2. The molecule has 14 heavy (non-hydrogen) atoms. The number of halogens is 3. The fourth-order valence-electron chi connectivity index (χ4n) is 0.967. The van der Waals surface area contributed by atoms with Crippen molar-refractivity contribution in [1.82, 2.24) is 15.5 Å². The molecule has 0 radical (unpaired) electrons. The highest BCUT2D eigenvalue weighted by molar-refractivity contribution is 5.73. The van der Waals surface area contributed by atoms with Crippen molar-refractivity contribution in [3.63, 3.8) is 0 Å². The smallest absolute Gasteiger partial charge is 0.340 e. The van der Waals surface area contributed by atoms with Crippen LogP contribution >= 0.6 is 0 Å². The van der Waals surface area contributed by atoms with E-state index in [2.05, 4.69) is 10.2 Å². The van der Waals surface area contributed by atoms with E-state index in [9.17, 15) is 18.0 Å². The molecule has 1 rings (SSSR count). The molecular weight excluding hydrogens is 199 g/mol. The molecule has 0 aliphatic carbocycles. The highest BCUT2D eigenvalue weighted by Gasteiger charge is 2.42. The third-order valence-corrected chi connectivity index (χ3v) is 1.51. The molecule has 1 atom stereocenters. The van der Waals surface area contributed by atoms with Gasteiger partial charge in [-0.15, -0.1) is 0 Å². The third-order valence-electron chi connectivity index (χ3n) is 1.51. The Bertz CT molecular complexity index is 306. The predicted octanol–water partition coefficient (Wildman–Crippen LogP) is 1.15. The van der Waals surface area contributed by atoms with Crippen molar-refractivity contribution in [2.24, 2.45) is 0 Å². The highest BCUT2D eigenvalue weighted by Crippen LogP contribution is 2.31. The molecule has 0 aliphatic heterocycles. The zero-order valence-electron chi connectivity index (χ0n) is 7.22. The first-order valence-electron chi connectivity index (χ1n) is 3.74. The van der Waals surface area contributed by atoms with Gasteiger partial charge in [0.2, 0.25) is 5.91 Å². The molecule has 0 aromatic carbocycles. The van der Waals surface area contributed by atoms with Crippen molar-refractivity contribution in [2.45, 2.75) is 19.1 Å². The van der Waals surface area contributed by atoms with Gasteiger partial charge in [0, 0.05) is 13.1 Å². The number of H-pyrrole nitrogens is 1. The maximum absolute atomic E-state index is 12.4. The van der Waals surface area contributed by atoms with E-state index < -0.39 is 18.1 Å². The summed E-state index contributed by atoms with van der Waals surface area (Å²) in [6, 6.07) is -0.865. The van der Waals surface area contributed by atoms with Crippen LogP contribution in [0.3, 0.4) is 0 Å². The molecule has 1 aromatic rings. The summed E-state index contributed by atoms with van der Waals surface area (Å²) < 4.78 is 37.1. The van der Waals surface area contributed by atoms with Crippen molar-refractivity contribution in [3.05, 3.63) is 18.0 Å². The summed E-state index contributed by atoms with van der Waals surface area (Å²) in [6.07, 6.45) is -3.34. The maximum Gasteiger partial charge on any atom is 0.414 e. The molecule has 1 aromatic heterocycles. The van der Waals surface area contributed by atoms with E-state index in [4.69, 9.17) is 0 Å². The van der Waals surface area contributed by atoms with Crippen LogP contribution in [0.15, 0.2) is 12.3 Å². The Hall–Kier alpha value is -1.53. The summed E-state index contributed by atoms with van der Waals surface area (Å²) in [7, 11) is 0. The number of aromatic nitrogens is 2. The summed E-state index contributed by atoms with van der Waals surface area (Å²) in [5, 5.41) is 7.34. The van der Waals surface area contributed by atoms with Gasteiger partial charge in [-0.3, -0.25) is 9.89 Å².